The molecule has 0 unspecified atom stereocenters. The van der Waals surface area contributed by atoms with Gasteiger partial charge in [0.05, 0.1) is 0 Å². The summed E-state index contributed by atoms with van der Waals surface area (Å²) in [5, 5.41) is 7.10. The van der Waals surface area contributed by atoms with Crippen LogP contribution >= 0.6 is 0 Å². The molecule has 10 heavy (non-hydrogen) atoms. The lowest BCUT2D eigenvalue weighted by Gasteiger charge is -1.95. The molecule has 0 saturated carbocycles. The Kier molecular flexibility index (Phi) is 4.81. The van der Waals surface area contributed by atoms with Crippen molar-refractivity contribution in [3.05, 3.63) is 0 Å². The summed E-state index contributed by atoms with van der Waals surface area (Å²) < 4.78 is 0. The minimum absolute atomic E-state index is 0.252. The van der Waals surface area contributed by atoms with Gasteiger partial charge in [-0.25, -0.2) is 0 Å². The molecule has 58 valence electrons. The normalized spacial score (nSPS) is 9.40. The summed E-state index contributed by atoms with van der Waals surface area (Å²) in [5.41, 5.74) is 0.712. The fraction of sp³-hybridized carbons (Fsp3) is 0.750. The Labute approximate surface area is 62.1 Å². The number of carbonyl (C=O) groups excluding carboxylic acids is 1. The molecule has 0 amide bonds. The molecule has 0 aromatic carbocycles. The number of nitrogens with one attached hydrogen (secondary N) is 1. The van der Waals surface area contributed by atoms with Crippen LogP contribution in [-0.2, 0) is 4.79 Å². The van der Waals surface area contributed by atoms with Crippen LogP contribution < -0.4 is 0 Å². The van der Waals surface area contributed by atoms with Crippen LogP contribution in [-0.4, -0.2) is 11.5 Å². The molecule has 2 heteroatoms. The fourth-order valence-electron chi connectivity index (χ4n) is 0.764. The van der Waals surface area contributed by atoms with E-state index >= 15 is 0 Å². The Hall–Kier alpha value is -0.660. The monoisotopic (exact) mass is 141 g/mol. The van der Waals surface area contributed by atoms with Gasteiger partial charge in [0.1, 0.15) is 5.78 Å². The number of hydrogen-bond acceptors (Lipinski definition) is 2. The van der Waals surface area contributed by atoms with E-state index in [0.29, 0.717) is 12.1 Å². The number of Topliss-reactive ketones (excluding diaryl/α,β-unsaturated/α-hetero) is 1. The number of ketones is 1. The van der Waals surface area contributed by atoms with Gasteiger partial charge in [-0.3, -0.25) is 0 Å². The third-order valence-electron chi connectivity index (χ3n) is 1.33. The Morgan fingerprint density at radius 2 is 1.70 bits per heavy atom. The number of carbonyl (C=O) groups is 1. The predicted molar refractivity (Wildman–Crippen MR) is 42.5 cm³/mol. The summed E-state index contributed by atoms with van der Waals surface area (Å²) in [7, 11) is 0. The largest absolute Gasteiger partial charge is 0.310 e. The summed E-state index contributed by atoms with van der Waals surface area (Å²) in [6, 6.07) is 0. The summed E-state index contributed by atoms with van der Waals surface area (Å²) in [6.07, 6.45) is 3.43. The van der Waals surface area contributed by atoms with Gasteiger partial charge in [0, 0.05) is 12.1 Å². The van der Waals surface area contributed by atoms with Gasteiger partial charge in [-0.05, 0) is 33.1 Å². The van der Waals surface area contributed by atoms with Gasteiger partial charge in [-0.15, -0.1) is 0 Å². The first kappa shape index (κ1) is 9.34. The maximum atomic E-state index is 10.4. The van der Waals surface area contributed by atoms with Crippen LogP contribution in [0.1, 0.15) is 39.5 Å². The molecule has 2 nitrogen and oxygen atoms in total. The molecular weight excluding hydrogens is 126 g/mol. The van der Waals surface area contributed by atoms with E-state index in [1.165, 1.54) is 0 Å². The summed E-state index contributed by atoms with van der Waals surface area (Å²) >= 11 is 0. The molecule has 0 aliphatic carbocycles. The zero-order valence-corrected chi connectivity index (χ0v) is 6.74. The van der Waals surface area contributed by atoms with E-state index in [4.69, 9.17) is 5.41 Å². The maximum Gasteiger partial charge on any atom is 0.129 e. The Morgan fingerprint density at radius 1 is 1.20 bits per heavy atom. The van der Waals surface area contributed by atoms with Gasteiger partial charge in [-0.1, -0.05) is 0 Å². The van der Waals surface area contributed by atoms with Gasteiger partial charge < -0.3 is 10.2 Å². The van der Waals surface area contributed by atoms with Crippen LogP contribution in [0, 0.1) is 5.41 Å². The van der Waals surface area contributed by atoms with E-state index in [0.717, 1.165) is 19.3 Å². The first-order chi connectivity index (χ1) is 4.63. The second-order valence-corrected chi connectivity index (χ2v) is 2.69. The highest BCUT2D eigenvalue weighted by Crippen LogP contribution is 2.00. The first-order valence-electron chi connectivity index (χ1n) is 3.66. The van der Waals surface area contributed by atoms with E-state index in [1.807, 2.05) is 0 Å². The van der Waals surface area contributed by atoms with Crippen molar-refractivity contribution in [1.29, 1.82) is 5.41 Å². The smallest absolute Gasteiger partial charge is 0.129 e. The predicted octanol–water partition coefficient (Wildman–Crippen LogP) is 2.18. The minimum atomic E-state index is 0.252. The molecular formula is C8H15NO. The highest BCUT2D eigenvalue weighted by Gasteiger charge is 1.93. The average Bonchev–Trinajstić information content (AvgIpc) is 1.79. The van der Waals surface area contributed by atoms with Crippen LogP contribution in [0.4, 0.5) is 0 Å². The number of unbranched alkanes of at least 4 members (excludes halogenated alkanes) is 1. The summed E-state index contributed by atoms with van der Waals surface area (Å²) in [6.45, 7) is 3.41. The third kappa shape index (κ3) is 7.34. The lowest BCUT2D eigenvalue weighted by atomic mass is 10.1. The van der Waals surface area contributed by atoms with Crippen molar-refractivity contribution < 1.29 is 4.79 Å². The topological polar surface area (TPSA) is 40.9 Å². The highest BCUT2D eigenvalue weighted by molar-refractivity contribution is 5.78. The molecule has 0 fully saturated rings. The molecule has 0 aromatic heterocycles. The maximum absolute atomic E-state index is 10.4. The van der Waals surface area contributed by atoms with Crippen molar-refractivity contribution >= 4 is 11.5 Å². The van der Waals surface area contributed by atoms with Gasteiger partial charge in [0.25, 0.3) is 0 Å². The molecule has 0 rings (SSSR count). The molecule has 0 aliphatic heterocycles. The fourth-order valence-corrected chi connectivity index (χ4v) is 0.764. The Morgan fingerprint density at radius 3 is 2.10 bits per heavy atom. The molecule has 1 N–H and O–H groups in total. The lowest BCUT2D eigenvalue weighted by Crippen LogP contribution is -1.92. The highest BCUT2D eigenvalue weighted by atomic mass is 16.1. The summed E-state index contributed by atoms with van der Waals surface area (Å²) in [4.78, 5) is 10.4. The van der Waals surface area contributed by atoms with Gasteiger partial charge in [0.2, 0.25) is 0 Å². The number of hydrogen-bond donors (Lipinski definition) is 1. The van der Waals surface area contributed by atoms with Crippen LogP contribution in [0.3, 0.4) is 0 Å². The van der Waals surface area contributed by atoms with Crippen LogP contribution in [0.2, 0.25) is 0 Å². The van der Waals surface area contributed by atoms with E-state index in [9.17, 15) is 4.79 Å². The second kappa shape index (κ2) is 5.15. The van der Waals surface area contributed by atoms with E-state index in [-0.39, 0.29) is 5.78 Å². The second-order valence-electron chi connectivity index (χ2n) is 2.69. The van der Waals surface area contributed by atoms with Crippen molar-refractivity contribution in [3.63, 3.8) is 0 Å². The van der Waals surface area contributed by atoms with Crippen LogP contribution in [0.15, 0.2) is 0 Å². The van der Waals surface area contributed by atoms with E-state index in [2.05, 4.69) is 0 Å². The molecule has 0 radical (unpaired) electrons. The van der Waals surface area contributed by atoms with E-state index < -0.39 is 0 Å². The zero-order chi connectivity index (χ0) is 7.98. The molecule has 0 heterocycles. The zero-order valence-electron chi connectivity index (χ0n) is 6.74. The van der Waals surface area contributed by atoms with Gasteiger partial charge in [0.15, 0.2) is 0 Å². The minimum Gasteiger partial charge on any atom is -0.310 e. The van der Waals surface area contributed by atoms with Crippen LogP contribution in [0.5, 0.6) is 0 Å². The molecule has 0 bridgehead atoms. The SMILES string of the molecule is CC(=N)CCCCC(C)=O. The molecule has 0 aromatic rings. The average molecular weight is 141 g/mol. The van der Waals surface area contributed by atoms with E-state index in [1.54, 1.807) is 13.8 Å². The quantitative estimate of drug-likeness (QED) is 0.462. The molecule has 0 aliphatic rings. The van der Waals surface area contributed by atoms with Crippen molar-refractivity contribution in [1.82, 2.24) is 0 Å². The van der Waals surface area contributed by atoms with Gasteiger partial charge in [-0.2, -0.15) is 0 Å². The Balaban J connectivity index is 3.06. The Bertz CT molecular complexity index is 113. The summed E-state index contributed by atoms with van der Waals surface area (Å²) in [5.74, 6) is 0.252. The molecule has 0 atom stereocenters. The van der Waals surface area contributed by atoms with Gasteiger partial charge >= 0.3 is 0 Å². The molecule has 0 spiro atoms. The lowest BCUT2D eigenvalue weighted by molar-refractivity contribution is -0.117. The molecule has 0 saturated heterocycles. The van der Waals surface area contributed by atoms with Crippen molar-refractivity contribution in [2.75, 3.05) is 0 Å². The number of rotatable bonds is 5. The standard InChI is InChI=1S/C8H15NO/c1-7(9)5-3-4-6-8(2)10/h9H,3-6H2,1-2H3. The van der Waals surface area contributed by atoms with Crippen LogP contribution in [0.25, 0.3) is 0 Å². The van der Waals surface area contributed by atoms with Crippen molar-refractivity contribution in [2.45, 2.75) is 39.5 Å². The third-order valence-corrected chi connectivity index (χ3v) is 1.33. The van der Waals surface area contributed by atoms with Crippen molar-refractivity contribution in [3.8, 4) is 0 Å². The first-order valence-corrected chi connectivity index (χ1v) is 3.66. The van der Waals surface area contributed by atoms with Crippen molar-refractivity contribution in [2.24, 2.45) is 0 Å².